The van der Waals surface area contributed by atoms with Crippen LogP contribution in [0.1, 0.15) is 49.0 Å². The second-order valence-corrected chi connectivity index (χ2v) is 12.6. The number of nitrogens with zero attached hydrogens (tertiary/aromatic N) is 4. The van der Waals surface area contributed by atoms with E-state index in [2.05, 4.69) is 21.2 Å². The van der Waals surface area contributed by atoms with Crippen molar-refractivity contribution in [3.05, 3.63) is 102 Å². The van der Waals surface area contributed by atoms with Gasteiger partial charge in [-0.15, -0.1) is 0 Å². The van der Waals surface area contributed by atoms with Gasteiger partial charge in [-0.3, -0.25) is 19.8 Å². The van der Waals surface area contributed by atoms with Crippen LogP contribution in [0.2, 0.25) is 0 Å². The Hall–Kier alpha value is -4.47. The Morgan fingerprint density at radius 2 is 1.52 bits per heavy atom. The molecule has 48 heavy (non-hydrogen) atoms. The Kier molecular flexibility index (Phi) is 12.4. The largest absolute Gasteiger partial charge is 0.446 e. The van der Waals surface area contributed by atoms with Gasteiger partial charge >= 0.3 is 6.09 Å². The number of benzene rings is 3. The summed E-state index contributed by atoms with van der Waals surface area (Å²) in [5, 5.41) is 2.94. The van der Waals surface area contributed by atoms with Crippen molar-refractivity contribution in [3.63, 3.8) is 0 Å². The Morgan fingerprint density at radius 3 is 2.19 bits per heavy atom. The molecule has 1 fully saturated rings. The molecule has 0 saturated carbocycles. The lowest BCUT2D eigenvalue weighted by Gasteiger charge is -2.32. The fourth-order valence-electron chi connectivity index (χ4n) is 6.39. The minimum absolute atomic E-state index is 0.00712. The molecule has 9 heteroatoms. The predicted molar refractivity (Wildman–Crippen MR) is 191 cm³/mol. The molecule has 3 aromatic carbocycles. The molecule has 3 amide bonds. The van der Waals surface area contributed by atoms with Crippen LogP contribution in [-0.4, -0.2) is 103 Å². The molecule has 0 unspecified atom stereocenters. The Bertz CT molecular complexity index is 1550. The van der Waals surface area contributed by atoms with Gasteiger partial charge in [0.2, 0.25) is 5.91 Å². The van der Waals surface area contributed by atoms with Gasteiger partial charge in [-0.1, -0.05) is 66.7 Å². The number of hydrogen-bond acceptors (Lipinski definition) is 6. The summed E-state index contributed by atoms with van der Waals surface area (Å²) in [5.74, 6) is 0.166. The van der Waals surface area contributed by atoms with Gasteiger partial charge in [0, 0.05) is 82.7 Å². The molecule has 2 aliphatic rings. The number of carbonyl (C=O) groups excluding carboxylic acids is 3. The van der Waals surface area contributed by atoms with Crippen LogP contribution in [0.5, 0.6) is 0 Å². The number of nitrogens with one attached hydrogen (secondary N) is 1. The zero-order valence-electron chi connectivity index (χ0n) is 28.6. The molecule has 3 aromatic rings. The number of anilines is 1. The zero-order valence-corrected chi connectivity index (χ0v) is 28.6. The summed E-state index contributed by atoms with van der Waals surface area (Å²) < 4.78 is 5.78. The Morgan fingerprint density at radius 1 is 0.833 bits per heavy atom. The smallest absolute Gasteiger partial charge is 0.411 e. The molecule has 1 saturated heterocycles. The standard InChI is InChI=1S/C39H49N5O4/c1-4-44(5-2)38(46)33-19-23-43(24-20-33)29-30-15-17-32(18-16-30)37(45)41(3)27-28-42-25-21-34(22-26-42)48-39(47)40-36-14-10-9-13-35(36)31-11-7-6-8-12-31/h6-19,34H,4-5,20-29H2,1-3H3,(H,40,47). The number of likely N-dealkylation sites (N-methyl/N-ethyl adjacent to an activating group) is 2. The summed E-state index contributed by atoms with van der Waals surface area (Å²) in [6.07, 6.45) is 3.77. The number of amides is 3. The van der Waals surface area contributed by atoms with Crippen LogP contribution in [0.25, 0.3) is 11.1 Å². The second-order valence-electron chi connectivity index (χ2n) is 12.6. The molecule has 0 radical (unpaired) electrons. The molecular formula is C39H49N5O4. The van der Waals surface area contributed by atoms with E-state index in [0.717, 1.165) is 99.6 Å². The summed E-state index contributed by atoms with van der Waals surface area (Å²) in [5.41, 5.74) is 5.47. The van der Waals surface area contributed by atoms with E-state index in [1.165, 1.54) is 0 Å². The maximum absolute atomic E-state index is 13.1. The van der Waals surface area contributed by atoms with E-state index in [0.29, 0.717) is 12.1 Å². The lowest BCUT2D eigenvalue weighted by Crippen LogP contribution is -2.42. The maximum atomic E-state index is 13.1. The van der Waals surface area contributed by atoms with E-state index in [-0.39, 0.29) is 17.9 Å². The minimum Gasteiger partial charge on any atom is -0.446 e. The van der Waals surface area contributed by atoms with Gasteiger partial charge < -0.3 is 19.4 Å². The summed E-state index contributed by atoms with van der Waals surface area (Å²) in [7, 11) is 1.85. The van der Waals surface area contributed by atoms with Crippen LogP contribution in [0, 0.1) is 0 Å². The first-order chi connectivity index (χ1) is 23.3. The Labute approximate surface area is 285 Å². The Balaban J connectivity index is 1.01. The number of rotatable bonds is 12. The zero-order chi connectivity index (χ0) is 33.9. The van der Waals surface area contributed by atoms with Gasteiger partial charge in [-0.2, -0.15) is 0 Å². The van der Waals surface area contributed by atoms with Gasteiger partial charge in [0.15, 0.2) is 0 Å². The minimum atomic E-state index is -0.433. The van der Waals surface area contributed by atoms with Crippen LogP contribution >= 0.6 is 0 Å². The highest BCUT2D eigenvalue weighted by atomic mass is 16.6. The molecule has 0 atom stereocenters. The molecule has 0 aromatic heterocycles. The molecule has 0 spiro atoms. The molecular weight excluding hydrogens is 602 g/mol. The third-order valence-electron chi connectivity index (χ3n) is 9.38. The monoisotopic (exact) mass is 651 g/mol. The van der Waals surface area contributed by atoms with Crippen LogP contribution in [0.4, 0.5) is 10.5 Å². The normalized spacial score (nSPS) is 15.8. The summed E-state index contributed by atoms with van der Waals surface area (Å²) in [6.45, 7) is 10.9. The van der Waals surface area contributed by atoms with E-state index in [1.54, 1.807) is 4.90 Å². The third kappa shape index (κ3) is 9.33. The molecule has 9 nitrogen and oxygen atoms in total. The quantitative estimate of drug-likeness (QED) is 0.253. The molecule has 254 valence electrons. The van der Waals surface area contributed by atoms with Crippen molar-refractivity contribution in [1.29, 1.82) is 0 Å². The summed E-state index contributed by atoms with van der Waals surface area (Å²) >= 11 is 0. The number of ether oxygens (including phenoxy) is 1. The molecule has 2 heterocycles. The van der Waals surface area contributed by atoms with Crippen molar-refractivity contribution in [2.24, 2.45) is 0 Å². The number of piperidine rings is 1. The van der Waals surface area contributed by atoms with Crippen molar-refractivity contribution in [2.75, 3.05) is 64.7 Å². The van der Waals surface area contributed by atoms with Gasteiger partial charge in [0.25, 0.3) is 5.91 Å². The lowest BCUT2D eigenvalue weighted by molar-refractivity contribution is -0.127. The molecule has 1 N–H and O–H groups in total. The van der Waals surface area contributed by atoms with E-state index in [4.69, 9.17) is 4.74 Å². The van der Waals surface area contributed by atoms with Crippen LogP contribution in [0.15, 0.2) is 90.5 Å². The molecule has 0 bridgehead atoms. The number of carbonyl (C=O) groups is 3. The second kappa shape index (κ2) is 17.1. The molecule has 0 aliphatic carbocycles. The van der Waals surface area contributed by atoms with Gasteiger partial charge in [0.1, 0.15) is 6.10 Å². The number of likely N-dealkylation sites (tertiary alicyclic amines) is 1. The van der Waals surface area contributed by atoms with Crippen LogP contribution in [0.3, 0.4) is 0 Å². The SMILES string of the molecule is CCN(CC)C(=O)C1=CCN(Cc2ccc(C(=O)N(C)CCN3CCC(OC(=O)Nc4ccccc4-c4ccccc4)CC3)cc2)CC1. The first-order valence-electron chi connectivity index (χ1n) is 17.2. The van der Waals surface area contributed by atoms with E-state index >= 15 is 0 Å². The first kappa shape index (κ1) is 34.9. The average molecular weight is 652 g/mol. The fourth-order valence-corrected chi connectivity index (χ4v) is 6.39. The topological polar surface area (TPSA) is 85.4 Å². The number of para-hydroxylation sites is 1. The fraction of sp³-hybridized carbons (Fsp3) is 0.410. The lowest BCUT2D eigenvalue weighted by atomic mass is 10.0. The molecule has 2 aliphatic heterocycles. The molecule has 5 rings (SSSR count). The maximum Gasteiger partial charge on any atom is 0.411 e. The van der Waals surface area contributed by atoms with E-state index in [1.807, 2.05) is 105 Å². The van der Waals surface area contributed by atoms with Crippen LogP contribution in [-0.2, 0) is 16.1 Å². The predicted octanol–water partition coefficient (Wildman–Crippen LogP) is 6.14. The first-order valence-corrected chi connectivity index (χ1v) is 17.2. The summed E-state index contributed by atoms with van der Waals surface area (Å²) in [4.78, 5) is 46.9. The third-order valence-corrected chi connectivity index (χ3v) is 9.38. The van der Waals surface area contributed by atoms with Crippen LogP contribution < -0.4 is 5.32 Å². The average Bonchev–Trinajstić information content (AvgIpc) is 3.12. The van der Waals surface area contributed by atoms with Crippen molar-refractivity contribution >= 4 is 23.6 Å². The summed E-state index contributed by atoms with van der Waals surface area (Å²) in [6, 6.07) is 25.6. The van der Waals surface area contributed by atoms with Gasteiger partial charge in [-0.05, 0) is 62.4 Å². The van der Waals surface area contributed by atoms with Crippen molar-refractivity contribution in [3.8, 4) is 11.1 Å². The highest BCUT2D eigenvalue weighted by Crippen LogP contribution is 2.28. The number of hydrogen-bond donors (Lipinski definition) is 1. The van der Waals surface area contributed by atoms with Gasteiger partial charge in [0.05, 0.1) is 5.69 Å². The van der Waals surface area contributed by atoms with Gasteiger partial charge in [-0.25, -0.2) is 4.79 Å². The van der Waals surface area contributed by atoms with E-state index < -0.39 is 6.09 Å². The van der Waals surface area contributed by atoms with Crippen molar-refractivity contribution < 1.29 is 19.1 Å². The highest BCUT2D eigenvalue weighted by Gasteiger charge is 2.24. The van der Waals surface area contributed by atoms with Crippen molar-refractivity contribution in [1.82, 2.24) is 19.6 Å². The van der Waals surface area contributed by atoms with E-state index in [9.17, 15) is 14.4 Å². The van der Waals surface area contributed by atoms with Crippen molar-refractivity contribution in [2.45, 2.75) is 45.8 Å². The highest BCUT2D eigenvalue weighted by molar-refractivity contribution is 5.94.